The van der Waals surface area contributed by atoms with Crippen LogP contribution in [0.3, 0.4) is 0 Å². The summed E-state index contributed by atoms with van der Waals surface area (Å²) in [5, 5.41) is 12.4. The lowest BCUT2D eigenvalue weighted by Crippen LogP contribution is -2.24. The van der Waals surface area contributed by atoms with Crippen LogP contribution in [-0.2, 0) is 4.57 Å². The molecule has 0 unspecified atom stereocenters. The summed E-state index contributed by atoms with van der Waals surface area (Å²) < 4.78 is 14.9. The zero-order chi connectivity index (χ0) is 28.1. The zero-order valence-corrected chi connectivity index (χ0v) is 23.8. The Morgan fingerprint density at radius 3 is 1.48 bits per heavy atom. The molecule has 0 saturated carbocycles. The normalized spacial score (nSPS) is 11.9. The maximum absolute atomic E-state index is 14.9. The molecule has 1 nitrogen and oxygen atoms in total. The van der Waals surface area contributed by atoms with E-state index < -0.39 is 7.14 Å². The molecule has 198 valence electrons. The van der Waals surface area contributed by atoms with Gasteiger partial charge in [0.1, 0.15) is 0 Å². The van der Waals surface area contributed by atoms with Gasteiger partial charge in [0, 0.05) is 15.9 Å². The zero-order valence-electron chi connectivity index (χ0n) is 22.9. The summed E-state index contributed by atoms with van der Waals surface area (Å²) >= 11 is 0. The van der Waals surface area contributed by atoms with Crippen LogP contribution >= 0.6 is 7.14 Å². The molecule has 0 radical (unpaired) electrons. The maximum Gasteiger partial charge on any atom is 0.171 e. The van der Waals surface area contributed by atoms with Gasteiger partial charge in [0.2, 0.25) is 0 Å². The molecule has 0 atom stereocenters. The fourth-order valence-electron chi connectivity index (χ4n) is 6.41. The highest BCUT2D eigenvalue weighted by Gasteiger charge is 2.29. The molecule has 0 heterocycles. The van der Waals surface area contributed by atoms with Gasteiger partial charge in [-0.25, -0.2) is 0 Å². The van der Waals surface area contributed by atoms with Crippen LogP contribution < -0.4 is 15.9 Å². The van der Waals surface area contributed by atoms with E-state index in [0.717, 1.165) is 21.5 Å². The Labute approximate surface area is 245 Å². The minimum atomic E-state index is -3.04. The van der Waals surface area contributed by atoms with Crippen LogP contribution in [0, 0.1) is 0 Å². The highest BCUT2D eigenvalue weighted by atomic mass is 31.2. The third-order valence-electron chi connectivity index (χ3n) is 8.51. The van der Waals surface area contributed by atoms with Gasteiger partial charge in [0.25, 0.3) is 0 Å². The van der Waals surface area contributed by atoms with Crippen molar-refractivity contribution in [2.45, 2.75) is 0 Å². The summed E-state index contributed by atoms with van der Waals surface area (Å²) in [7, 11) is -3.04. The standard InChI is InChI=1S/C40H27OP/c41-42(32-14-3-1-4-15-32,33-16-5-2-6-17-33)34-22-19-29(20-23-34)37-27-40-35-18-10-9-11-28(35)21-24-36(40)38-25-30-12-7-8-13-31(30)26-39(37)38/h1-27H. The van der Waals surface area contributed by atoms with Gasteiger partial charge < -0.3 is 4.57 Å². The van der Waals surface area contributed by atoms with Crippen molar-refractivity contribution in [3.8, 4) is 11.1 Å². The molecule has 0 saturated heterocycles. The van der Waals surface area contributed by atoms with Crippen molar-refractivity contribution in [1.82, 2.24) is 0 Å². The third kappa shape index (κ3) is 3.90. The van der Waals surface area contributed by atoms with Crippen molar-refractivity contribution in [1.29, 1.82) is 0 Å². The minimum Gasteiger partial charge on any atom is -0.309 e. The number of benzene rings is 8. The van der Waals surface area contributed by atoms with E-state index in [1.54, 1.807) is 0 Å². The van der Waals surface area contributed by atoms with E-state index >= 15 is 0 Å². The molecular weight excluding hydrogens is 527 g/mol. The van der Waals surface area contributed by atoms with Gasteiger partial charge in [-0.2, -0.15) is 0 Å². The predicted octanol–water partition coefficient (Wildman–Crippen LogP) is 9.61. The van der Waals surface area contributed by atoms with E-state index in [0.29, 0.717) is 0 Å². The number of rotatable bonds is 4. The van der Waals surface area contributed by atoms with Crippen molar-refractivity contribution in [2.75, 3.05) is 0 Å². The summed E-state index contributed by atoms with van der Waals surface area (Å²) in [4.78, 5) is 0. The number of fused-ring (bicyclic) bond motifs is 6. The Morgan fingerprint density at radius 2 is 0.833 bits per heavy atom. The van der Waals surface area contributed by atoms with Crippen LogP contribution in [0.4, 0.5) is 0 Å². The summed E-state index contributed by atoms with van der Waals surface area (Å²) in [5.74, 6) is 0. The van der Waals surface area contributed by atoms with Crippen LogP contribution in [0.5, 0.6) is 0 Å². The summed E-state index contributed by atoms with van der Waals surface area (Å²) in [6, 6.07) is 56.8. The molecule has 0 N–H and O–H groups in total. The van der Waals surface area contributed by atoms with Crippen molar-refractivity contribution < 1.29 is 4.57 Å². The fourth-order valence-corrected chi connectivity index (χ4v) is 9.05. The van der Waals surface area contributed by atoms with Gasteiger partial charge >= 0.3 is 0 Å². The molecule has 0 aromatic heterocycles. The van der Waals surface area contributed by atoms with Crippen LogP contribution in [0.2, 0.25) is 0 Å². The molecular formula is C40H27OP. The first-order valence-electron chi connectivity index (χ1n) is 14.3. The summed E-state index contributed by atoms with van der Waals surface area (Å²) in [6.07, 6.45) is 0. The Hall–Kier alpha value is -4.97. The molecule has 0 aliphatic heterocycles. The second-order valence-corrected chi connectivity index (χ2v) is 13.6. The molecule has 42 heavy (non-hydrogen) atoms. The molecule has 0 spiro atoms. The predicted molar refractivity (Wildman–Crippen MR) is 181 cm³/mol. The average molecular weight is 555 g/mol. The van der Waals surface area contributed by atoms with Gasteiger partial charge in [-0.3, -0.25) is 0 Å². The van der Waals surface area contributed by atoms with Crippen LogP contribution in [-0.4, -0.2) is 0 Å². The molecule has 0 fully saturated rings. The number of hydrogen-bond acceptors (Lipinski definition) is 1. The quantitative estimate of drug-likeness (QED) is 0.120. The summed E-state index contributed by atoms with van der Waals surface area (Å²) in [5.41, 5.74) is 2.29. The minimum absolute atomic E-state index is 0.838. The Kier molecular flexibility index (Phi) is 5.81. The lowest BCUT2D eigenvalue weighted by Gasteiger charge is -2.20. The first-order chi connectivity index (χ1) is 20.7. The van der Waals surface area contributed by atoms with E-state index in [-0.39, 0.29) is 0 Å². The first kappa shape index (κ1) is 24.8. The molecule has 2 heteroatoms. The molecule has 8 aromatic rings. The Morgan fingerprint density at radius 1 is 0.333 bits per heavy atom. The summed E-state index contributed by atoms with van der Waals surface area (Å²) in [6.45, 7) is 0. The van der Waals surface area contributed by atoms with Gasteiger partial charge in [-0.05, 0) is 72.4 Å². The first-order valence-corrected chi connectivity index (χ1v) is 16.0. The van der Waals surface area contributed by atoms with Gasteiger partial charge in [0.05, 0.1) is 0 Å². The van der Waals surface area contributed by atoms with Gasteiger partial charge in [-0.15, -0.1) is 0 Å². The SMILES string of the molecule is O=P(c1ccccc1)(c1ccccc1)c1ccc(-c2cc3c4ccccc4ccc3c3cc4ccccc4cc23)cc1. The topological polar surface area (TPSA) is 17.1 Å². The second-order valence-electron chi connectivity index (χ2n) is 10.9. The molecule has 0 amide bonds. The van der Waals surface area contributed by atoms with Crippen LogP contribution in [0.1, 0.15) is 0 Å². The van der Waals surface area contributed by atoms with Crippen molar-refractivity contribution in [3.05, 3.63) is 164 Å². The lowest BCUT2D eigenvalue weighted by atomic mass is 9.89. The van der Waals surface area contributed by atoms with E-state index in [9.17, 15) is 4.57 Å². The van der Waals surface area contributed by atoms with Crippen LogP contribution in [0.15, 0.2) is 164 Å². The van der Waals surface area contributed by atoms with Crippen molar-refractivity contribution in [2.24, 2.45) is 0 Å². The molecule has 8 aromatic carbocycles. The maximum atomic E-state index is 14.9. The van der Waals surface area contributed by atoms with E-state index in [1.165, 1.54) is 48.7 Å². The van der Waals surface area contributed by atoms with Crippen molar-refractivity contribution in [3.63, 3.8) is 0 Å². The van der Waals surface area contributed by atoms with Crippen molar-refractivity contribution >= 4 is 66.1 Å². The smallest absolute Gasteiger partial charge is 0.171 e. The highest BCUT2D eigenvalue weighted by Crippen LogP contribution is 2.44. The van der Waals surface area contributed by atoms with Gasteiger partial charge in [0.15, 0.2) is 7.14 Å². The molecule has 0 aliphatic carbocycles. The van der Waals surface area contributed by atoms with E-state index in [2.05, 4.69) is 103 Å². The molecule has 0 bridgehead atoms. The monoisotopic (exact) mass is 554 g/mol. The molecule has 8 rings (SSSR count). The van der Waals surface area contributed by atoms with E-state index in [4.69, 9.17) is 0 Å². The second kappa shape index (κ2) is 9.84. The largest absolute Gasteiger partial charge is 0.309 e. The average Bonchev–Trinajstić information content (AvgIpc) is 3.07. The number of hydrogen-bond donors (Lipinski definition) is 0. The van der Waals surface area contributed by atoms with E-state index in [1.807, 2.05) is 60.7 Å². The Bertz CT molecular complexity index is 2260. The lowest BCUT2D eigenvalue weighted by molar-refractivity contribution is 0.592. The van der Waals surface area contributed by atoms with Gasteiger partial charge in [-0.1, -0.05) is 146 Å². The fraction of sp³-hybridized carbons (Fsp3) is 0. The Balaban J connectivity index is 1.38. The highest BCUT2D eigenvalue weighted by molar-refractivity contribution is 7.85. The van der Waals surface area contributed by atoms with Crippen LogP contribution in [0.25, 0.3) is 54.2 Å². The third-order valence-corrected chi connectivity index (χ3v) is 11.6. The molecule has 0 aliphatic rings.